The standard InChI is InChI=1S/C25H19F6NO2S/c1-12-10-13-7-5-9-16(34-3)17(13)19(20(12)25(29,30)31)22-21(33)18(23(32-2)35-22)14-6-4-8-15(11-14)24(26,27)28/h4-11,32-33H,1-3H3. The minimum absolute atomic E-state index is 0.0154. The normalized spacial score (nSPS) is 12.3. The molecule has 184 valence electrons. The number of thiophene rings is 1. The van der Waals surface area contributed by atoms with Crippen LogP contribution in [0.1, 0.15) is 16.7 Å². The summed E-state index contributed by atoms with van der Waals surface area (Å²) in [5.41, 5.74) is -2.25. The van der Waals surface area contributed by atoms with Gasteiger partial charge in [-0.15, -0.1) is 11.3 Å². The van der Waals surface area contributed by atoms with Crippen molar-refractivity contribution in [1.29, 1.82) is 0 Å². The Hall–Kier alpha value is -3.40. The molecule has 35 heavy (non-hydrogen) atoms. The van der Waals surface area contributed by atoms with Crippen molar-refractivity contribution in [2.24, 2.45) is 0 Å². The molecule has 0 saturated heterocycles. The highest BCUT2D eigenvalue weighted by molar-refractivity contribution is 7.20. The zero-order chi connectivity index (χ0) is 25.7. The van der Waals surface area contributed by atoms with Gasteiger partial charge in [0.1, 0.15) is 16.5 Å². The van der Waals surface area contributed by atoms with Crippen molar-refractivity contribution in [2.45, 2.75) is 19.3 Å². The quantitative estimate of drug-likeness (QED) is 0.271. The maximum atomic E-state index is 14.3. The van der Waals surface area contributed by atoms with Gasteiger partial charge in [0.15, 0.2) is 0 Å². The maximum Gasteiger partial charge on any atom is 0.417 e. The number of anilines is 1. The summed E-state index contributed by atoms with van der Waals surface area (Å²) in [6.45, 7) is 1.32. The molecule has 4 rings (SSSR count). The number of rotatable bonds is 4. The number of ether oxygens (including phenoxy) is 1. The lowest BCUT2D eigenvalue weighted by Crippen LogP contribution is -2.10. The SMILES string of the molecule is CNc1sc(-c2c(C(F)(F)F)c(C)cc3cccc(OC)c23)c(O)c1-c1cccc(C(F)(F)F)c1. The fourth-order valence-electron chi connectivity index (χ4n) is 4.21. The summed E-state index contributed by atoms with van der Waals surface area (Å²) in [5, 5.41) is 14.8. The number of fused-ring (bicyclic) bond motifs is 1. The zero-order valence-electron chi connectivity index (χ0n) is 18.7. The fourth-order valence-corrected chi connectivity index (χ4v) is 5.34. The first kappa shape index (κ1) is 24.7. The largest absolute Gasteiger partial charge is 0.506 e. The molecule has 0 aliphatic heterocycles. The van der Waals surface area contributed by atoms with E-state index in [2.05, 4.69) is 5.32 Å². The van der Waals surface area contributed by atoms with E-state index in [-0.39, 0.29) is 43.3 Å². The predicted octanol–water partition coefficient (Wildman–Crippen LogP) is 8.34. The van der Waals surface area contributed by atoms with Crippen molar-refractivity contribution in [3.63, 3.8) is 0 Å². The van der Waals surface area contributed by atoms with Gasteiger partial charge in [-0.1, -0.05) is 30.3 Å². The second-order valence-electron chi connectivity index (χ2n) is 7.81. The second kappa shape index (κ2) is 8.67. The fraction of sp³-hybridized carbons (Fsp3) is 0.200. The van der Waals surface area contributed by atoms with Gasteiger partial charge in [0.05, 0.1) is 28.7 Å². The minimum Gasteiger partial charge on any atom is -0.506 e. The van der Waals surface area contributed by atoms with Crippen molar-refractivity contribution in [2.75, 3.05) is 19.5 Å². The summed E-state index contributed by atoms with van der Waals surface area (Å²) in [6.07, 6.45) is -9.41. The van der Waals surface area contributed by atoms with Gasteiger partial charge in [-0.2, -0.15) is 26.3 Å². The molecule has 0 amide bonds. The average Bonchev–Trinajstić information content (AvgIpc) is 3.12. The van der Waals surface area contributed by atoms with E-state index in [1.54, 1.807) is 12.1 Å². The number of aryl methyl sites for hydroxylation is 1. The van der Waals surface area contributed by atoms with Crippen LogP contribution in [0.4, 0.5) is 31.3 Å². The van der Waals surface area contributed by atoms with Crippen LogP contribution in [0.15, 0.2) is 48.5 Å². The first-order valence-corrected chi connectivity index (χ1v) is 11.1. The molecule has 0 radical (unpaired) electrons. The van der Waals surface area contributed by atoms with Crippen molar-refractivity contribution < 1.29 is 36.2 Å². The first-order valence-electron chi connectivity index (χ1n) is 10.3. The Morgan fingerprint density at radius 2 is 1.60 bits per heavy atom. The predicted molar refractivity (Wildman–Crippen MR) is 125 cm³/mol. The molecule has 10 heteroatoms. The van der Waals surface area contributed by atoms with Gasteiger partial charge in [0.25, 0.3) is 0 Å². The molecule has 0 aliphatic carbocycles. The minimum atomic E-state index is -4.78. The highest BCUT2D eigenvalue weighted by atomic mass is 32.1. The van der Waals surface area contributed by atoms with Crippen molar-refractivity contribution in [1.82, 2.24) is 0 Å². The number of aromatic hydroxyl groups is 1. The summed E-state index contributed by atoms with van der Waals surface area (Å²) in [6, 6.07) is 10.5. The van der Waals surface area contributed by atoms with Gasteiger partial charge < -0.3 is 15.2 Å². The van der Waals surface area contributed by atoms with Gasteiger partial charge in [0, 0.05) is 18.0 Å². The van der Waals surface area contributed by atoms with Crippen LogP contribution in [-0.2, 0) is 12.4 Å². The number of nitrogens with one attached hydrogen (secondary N) is 1. The molecule has 0 fully saturated rings. The summed E-state index contributed by atoms with van der Waals surface area (Å²) >= 11 is 0.822. The zero-order valence-corrected chi connectivity index (χ0v) is 19.5. The van der Waals surface area contributed by atoms with Gasteiger partial charge in [-0.05, 0) is 41.6 Å². The van der Waals surface area contributed by atoms with Crippen LogP contribution < -0.4 is 10.1 Å². The molecule has 0 atom stereocenters. The van der Waals surface area contributed by atoms with E-state index in [1.807, 2.05) is 0 Å². The van der Waals surface area contributed by atoms with Gasteiger partial charge in [-0.25, -0.2) is 0 Å². The van der Waals surface area contributed by atoms with Gasteiger partial charge in [-0.3, -0.25) is 0 Å². The molecule has 3 aromatic carbocycles. The number of methoxy groups -OCH3 is 1. The first-order chi connectivity index (χ1) is 16.4. The van der Waals surface area contributed by atoms with E-state index in [4.69, 9.17) is 4.74 Å². The molecule has 1 heterocycles. The number of alkyl halides is 6. The van der Waals surface area contributed by atoms with Crippen LogP contribution in [-0.4, -0.2) is 19.3 Å². The van der Waals surface area contributed by atoms with E-state index in [9.17, 15) is 31.4 Å². The topological polar surface area (TPSA) is 41.5 Å². The summed E-state index contributed by atoms with van der Waals surface area (Å²) in [7, 11) is 2.80. The Morgan fingerprint density at radius 3 is 2.20 bits per heavy atom. The van der Waals surface area contributed by atoms with E-state index < -0.39 is 29.2 Å². The van der Waals surface area contributed by atoms with Crippen molar-refractivity contribution >= 4 is 27.1 Å². The molecule has 0 bridgehead atoms. The van der Waals surface area contributed by atoms with Crippen molar-refractivity contribution in [3.05, 3.63) is 65.2 Å². The third-order valence-corrected chi connectivity index (χ3v) is 6.86. The highest BCUT2D eigenvalue weighted by Gasteiger charge is 2.39. The summed E-state index contributed by atoms with van der Waals surface area (Å²) < 4.78 is 88.3. The molecule has 3 nitrogen and oxygen atoms in total. The Balaban J connectivity index is 2.12. The van der Waals surface area contributed by atoms with Gasteiger partial charge in [0.2, 0.25) is 0 Å². The van der Waals surface area contributed by atoms with Crippen LogP contribution in [0, 0.1) is 6.92 Å². The molecule has 0 saturated carbocycles. The Bertz CT molecular complexity index is 1420. The molecule has 0 aliphatic rings. The molecule has 2 N–H and O–H groups in total. The third-order valence-electron chi connectivity index (χ3n) is 5.64. The van der Waals surface area contributed by atoms with E-state index in [1.165, 1.54) is 45.3 Å². The van der Waals surface area contributed by atoms with Crippen LogP contribution in [0.3, 0.4) is 0 Å². The molecule has 0 spiro atoms. The van der Waals surface area contributed by atoms with Crippen LogP contribution in [0.5, 0.6) is 11.5 Å². The smallest absolute Gasteiger partial charge is 0.417 e. The van der Waals surface area contributed by atoms with Crippen LogP contribution in [0.25, 0.3) is 32.3 Å². The Kier molecular flexibility index (Phi) is 6.12. The molecular formula is C25H19F6NO2S. The van der Waals surface area contributed by atoms with Crippen LogP contribution >= 0.6 is 11.3 Å². The monoisotopic (exact) mass is 511 g/mol. The third kappa shape index (κ3) is 4.27. The highest BCUT2D eigenvalue weighted by Crippen LogP contribution is 2.56. The number of halogens is 6. The maximum absolute atomic E-state index is 14.3. The van der Waals surface area contributed by atoms with E-state index in [0.717, 1.165) is 23.5 Å². The van der Waals surface area contributed by atoms with Crippen molar-refractivity contribution in [3.8, 4) is 33.1 Å². The average molecular weight is 511 g/mol. The number of benzene rings is 3. The molecule has 4 aromatic rings. The lowest BCUT2D eigenvalue weighted by atomic mass is 9.91. The molecule has 1 aromatic heterocycles. The van der Waals surface area contributed by atoms with Crippen LogP contribution in [0.2, 0.25) is 0 Å². The lowest BCUT2D eigenvalue weighted by molar-refractivity contribution is -0.138. The molecule has 0 unspecified atom stereocenters. The van der Waals surface area contributed by atoms with E-state index in [0.29, 0.717) is 5.39 Å². The summed E-state index contributed by atoms with van der Waals surface area (Å²) in [4.78, 5) is -0.132. The lowest BCUT2D eigenvalue weighted by Gasteiger charge is -2.19. The van der Waals surface area contributed by atoms with Gasteiger partial charge >= 0.3 is 12.4 Å². The second-order valence-corrected chi connectivity index (χ2v) is 8.83. The molecular weight excluding hydrogens is 492 g/mol. The Morgan fingerprint density at radius 1 is 0.914 bits per heavy atom. The number of hydrogen-bond acceptors (Lipinski definition) is 4. The Labute approximate surface area is 200 Å². The summed E-state index contributed by atoms with van der Waals surface area (Å²) in [5.74, 6) is -0.385. The van der Waals surface area contributed by atoms with E-state index >= 15 is 0 Å². The number of hydrogen-bond donors (Lipinski definition) is 2.